The second-order valence-electron chi connectivity index (χ2n) is 7.05. The first-order valence-electron chi connectivity index (χ1n) is 9.69. The molecule has 0 bridgehead atoms. The van der Waals surface area contributed by atoms with Gasteiger partial charge in [0, 0.05) is 38.8 Å². The lowest BCUT2D eigenvalue weighted by molar-refractivity contribution is -0.122. The van der Waals surface area contributed by atoms with Crippen LogP contribution in [0.15, 0.2) is 42.6 Å². The summed E-state index contributed by atoms with van der Waals surface area (Å²) in [5, 5.41) is 2.90. The number of aromatic nitrogens is 1. The molecule has 1 aromatic carbocycles. The molecule has 2 amide bonds. The van der Waals surface area contributed by atoms with E-state index in [-0.39, 0.29) is 24.8 Å². The number of anilines is 2. The Morgan fingerprint density at radius 2 is 1.96 bits per heavy atom. The number of benzene rings is 1. The molecule has 1 saturated heterocycles. The lowest BCUT2D eigenvalue weighted by Crippen LogP contribution is -2.41. The molecule has 7 heteroatoms. The van der Waals surface area contributed by atoms with Gasteiger partial charge < -0.3 is 19.9 Å². The number of hydrogen-bond donors (Lipinski definition) is 1. The zero-order valence-electron chi connectivity index (χ0n) is 15.8. The highest BCUT2D eigenvalue weighted by Crippen LogP contribution is 2.31. The molecular formula is C21H24N4O3. The van der Waals surface area contributed by atoms with Gasteiger partial charge in [-0.3, -0.25) is 9.59 Å². The van der Waals surface area contributed by atoms with Crippen LogP contribution in [0.2, 0.25) is 0 Å². The van der Waals surface area contributed by atoms with Crippen molar-refractivity contribution in [1.29, 1.82) is 0 Å². The van der Waals surface area contributed by atoms with E-state index in [2.05, 4.69) is 15.2 Å². The highest BCUT2D eigenvalue weighted by molar-refractivity contribution is 5.98. The van der Waals surface area contributed by atoms with Gasteiger partial charge in [0.1, 0.15) is 11.6 Å². The van der Waals surface area contributed by atoms with Crippen LogP contribution in [0.3, 0.4) is 0 Å². The number of nitrogens with one attached hydrogen (secondary N) is 1. The van der Waals surface area contributed by atoms with Crippen molar-refractivity contribution >= 4 is 23.3 Å². The summed E-state index contributed by atoms with van der Waals surface area (Å²) in [4.78, 5) is 32.8. The Morgan fingerprint density at radius 1 is 1.14 bits per heavy atom. The average Bonchev–Trinajstić information content (AvgIpc) is 3.27. The van der Waals surface area contributed by atoms with Crippen LogP contribution in [0.25, 0.3) is 0 Å². The number of fused-ring (bicyclic) bond motifs is 1. The quantitative estimate of drug-likeness (QED) is 0.831. The van der Waals surface area contributed by atoms with Crippen LogP contribution in [-0.2, 0) is 16.1 Å². The fraction of sp³-hybridized carbons (Fsp3) is 0.381. The topological polar surface area (TPSA) is 74.8 Å². The van der Waals surface area contributed by atoms with E-state index < -0.39 is 0 Å². The van der Waals surface area contributed by atoms with E-state index >= 15 is 0 Å². The summed E-state index contributed by atoms with van der Waals surface area (Å²) >= 11 is 0. The van der Waals surface area contributed by atoms with E-state index in [9.17, 15) is 9.59 Å². The van der Waals surface area contributed by atoms with E-state index in [1.165, 1.54) is 12.8 Å². The predicted molar refractivity (Wildman–Crippen MR) is 106 cm³/mol. The molecule has 1 aromatic heterocycles. The lowest BCUT2D eigenvalue weighted by atomic mass is 10.2. The maximum Gasteiger partial charge on any atom is 0.265 e. The van der Waals surface area contributed by atoms with Crippen molar-refractivity contribution in [1.82, 2.24) is 10.3 Å². The largest absolute Gasteiger partial charge is 0.482 e. The van der Waals surface area contributed by atoms with E-state index in [0.29, 0.717) is 24.5 Å². The van der Waals surface area contributed by atoms with Crippen LogP contribution < -0.4 is 19.9 Å². The maximum atomic E-state index is 12.2. The zero-order chi connectivity index (χ0) is 19.3. The summed E-state index contributed by atoms with van der Waals surface area (Å²) in [6, 6.07) is 11.4. The minimum absolute atomic E-state index is 0.00761. The van der Waals surface area contributed by atoms with Gasteiger partial charge in [0.25, 0.3) is 5.91 Å². The molecule has 1 N–H and O–H groups in total. The summed E-state index contributed by atoms with van der Waals surface area (Å²) in [5.41, 5.74) is 1.68. The van der Waals surface area contributed by atoms with Gasteiger partial charge in [0.2, 0.25) is 5.91 Å². The molecule has 0 radical (unpaired) electrons. The molecular weight excluding hydrogens is 356 g/mol. The Balaban J connectivity index is 1.27. The summed E-state index contributed by atoms with van der Waals surface area (Å²) in [6.45, 7) is 2.89. The Morgan fingerprint density at radius 3 is 2.75 bits per heavy atom. The molecule has 0 saturated carbocycles. The second-order valence-corrected chi connectivity index (χ2v) is 7.05. The van der Waals surface area contributed by atoms with Gasteiger partial charge in [-0.25, -0.2) is 4.98 Å². The van der Waals surface area contributed by atoms with Crippen molar-refractivity contribution < 1.29 is 14.3 Å². The van der Waals surface area contributed by atoms with Crippen molar-refractivity contribution in [2.75, 3.05) is 36.0 Å². The van der Waals surface area contributed by atoms with E-state index in [4.69, 9.17) is 4.74 Å². The van der Waals surface area contributed by atoms with Gasteiger partial charge in [0.05, 0.1) is 5.69 Å². The third kappa shape index (κ3) is 4.08. The zero-order valence-corrected chi connectivity index (χ0v) is 15.8. The molecule has 28 heavy (non-hydrogen) atoms. The number of hydrogen-bond acceptors (Lipinski definition) is 5. The van der Waals surface area contributed by atoms with Gasteiger partial charge in [-0.2, -0.15) is 0 Å². The highest BCUT2D eigenvalue weighted by Gasteiger charge is 2.25. The summed E-state index contributed by atoms with van der Waals surface area (Å²) in [5.74, 6) is 1.44. The van der Waals surface area contributed by atoms with Crippen molar-refractivity contribution in [3.63, 3.8) is 0 Å². The molecule has 0 unspecified atom stereocenters. The number of rotatable bonds is 6. The van der Waals surface area contributed by atoms with Crippen molar-refractivity contribution in [3.05, 3.63) is 48.2 Å². The van der Waals surface area contributed by atoms with Gasteiger partial charge in [-0.1, -0.05) is 18.2 Å². The molecule has 2 aliphatic heterocycles. The first-order chi connectivity index (χ1) is 13.7. The van der Waals surface area contributed by atoms with Crippen molar-refractivity contribution in [3.8, 4) is 5.75 Å². The van der Waals surface area contributed by atoms with Crippen molar-refractivity contribution in [2.45, 2.75) is 25.8 Å². The highest BCUT2D eigenvalue weighted by atomic mass is 16.5. The second kappa shape index (κ2) is 8.29. The fourth-order valence-electron chi connectivity index (χ4n) is 3.56. The number of ether oxygens (including phenoxy) is 1. The first kappa shape index (κ1) is 18.3. The molecule has 7 nitrogen and oxygen atoms in total. The maximum absolute atomic E-state index is 12.2. The molecule has 1 fully saturated rings. The average molecular weight is 380 g/mol. The molecule has 2 aromatic rings. The lowest BCUT2D eigenvalue weighted by Gasteiger charge is -2.29. The Kier molecular flexibility index (Phi) is 5.41. The van der Waals surface area contributed by atoms with Crippen LogP contribution in [0, 0.1) is 0 Å². The normalized spacial score (nSPS) is 15.9. The van der Waals surface area contributed by atoms with E-state index in [1.807, 2.05) is 42.6 Å². The number of para-hydroxylation sites is 2. The Labute approximate surface area is 164 Å². The SMILES string of the molecule is O=C(CCN1C(=O)COc2ccccc21)NCc1ccc(N2CCCC2)nc1. The first-order valence-corrected chi connectivity index (χ1v) is 9.69. The third-order valence-corrected chi connectivity index (χ3v) is 5.10. The molecule has 4 rings (SSSR count). The summed E-state index contributed by atoms with van der Waals surface area (Å²) in [7, 11) is 0. The number of carbonyl (C=O) groups excluding carboxylic acids is 2. The third-order valence-electron chi connectivity index (χ3n) is 5.10. The van der Waals surface area contributed by atoms with Crippen LogP contribution in [-0.4, -0.2) is 43.0 Å². The van der Waals surface area contributed by atoms with Gasteiger partial charge in [0.15, 0.2) is 6.61 Å². The number of nitrogens with zero attached hydrogens (tertiary/aromatic N) is 3. The summed E-state index contributed by atoms with van der Waals surface area (Å²) < 4.78 is 5.42. The number of amides is 2. The van der Waals surface area contributed by atoms with E-state index in [1.54, 1.807) is 4.90 Å². The number of pyridine rings is 1. The fourth-order valence-corrected chi connectivity index (χ4v) is 3.56. The summed E-state index contributed by atoms with van der Waals surface area (Å²) in [6.07, 6.45) is 4.49. The van der Waals surface area contributed by atoms with Gasteiger partial charge >= 0.3 is 0 Å². The smallest absolute Gasteiger partial charge is 0.265 e. The van der Waals surface area contributed by atoms with Gasteiger partial charge in [-0.05, 0) is 36.6 Å². The minimum atomic E-state index is -0.131. The van der Waals surface area contributed by atoms with Crippen molar-refractivity contribution in [2.24, 2.45) is 0 Å². The molecule has 2 aliphatic rings. The Hall–Kier alpha value is -3.09. The molecule has 3 heterocycles. The predicted octanol–water partition coefficient (Wildman–Crippen LogP) is 2.11. The van der Waals surface area contributed by atoms with Crippen LogP contribution in [0.4, 0.5) is 11.5 Å². The minimum Gasteiger partial charge on any atom is -0.482 e. The monoisotopic (exact) mass is 380 g/mol. The van der Waals surface area contributed by atoms with E-state index in [0.717, 1.165) is 24.5 Å². The standard InChI is InChI=1S/C21H24N4O3/c26-20(9-12-25-17-5-1-2-6-18(17)28-15-21(25)27)23-14-16-7-8-19(22-13-16)24-10-3-4-11-24/h1-2,5-8,13H,3-4,9-12,14-15H2,(H,23,26). The van der Waals surface area contributed by atoms with Gasteiger partial charge in [-0.15, -0.1) is 0 Å². The number of carbonyl (C=O) groups is 2. The van der Waals surface area contributed by atoms with Crippen LogP contribution in [0.5, 0.6) is 5.75 Å². The molecule has 0 spiro atoms. The Bertz CT molecular complexity index is 847. The van der Waals surface area contributed by atoms with Crippen LogP contribution >= 0.6 is 0 Å². The molecule has 0 aliphatic carbocycles. The van der Waals surface area contributed by atoms with Crippen LogP contribution in [0.1, 0.15) is 24.8 Å². The molecule has 0 atom stereocenters. The molecule has 146 valence electrons.